The zero-order chi connectivity index (χ0) is 9.23. The van der Waals surface area contributed by atoms with Crippen LogP contribution in [0.25, 0.3) is 0 Å². The molecule has 13 heavy (non-hydrogen) atoms. The molecule has 0 heterocycles. The second-order valence-electron chi connectivity index (χ2n) is 3.27. The van der Waals surface area contributed by atoms with Gasteiger partial charge in [0.25, 0.3) is 0 Å². The summed E-state index contributed by atoms with van der Waals surface area (Å²) in [5.41, 5.74) is 0. The molecule has 0 aromatic rings. The molecule has 0 aliphatic carbocycles. The van der Waals surface area contributed by atoms with Crippen LogP contribution < -0.4 is 0 Å². The molecule has 0 rings (SSSR count). The first-order valence-corrected chi connectivity index (χ1v) is 4.99. The molecule has 0 bridgehead atoms. The van der Waals surface area contributed by atoms with Gasteiger partial charge in [-0.3, -0.25) is 4.79 Å². The van der Waals surface area contributed by atoms with Crippen molar-refractivity contribution in [3.05, 3.63) is 0 Å². The van der Waals surface area contributed by atoms with Gasteiger partial charge in [-0.15, -0.1) is 0 Å². The normalized spacial score (nSPS) is 9.31. The van der Waals surface area contributed by atoms with Crippen molar-refractivity contribution in [3.8, 4) is 0 Å². The average molecular weight is 236 g/mol. The molecule has 0 aliphatic heterocycles. The van der Waals surface area contributed by atoms with Gasteiger partial charge in [-0.25, -0.2) is 0 Å². The van der Waals surface area contributed by atoms with Crippen molar-refractivity contribution in [2.75, 3.05) is 0 Å². The van der Waals surface area contributed by atoms with E-state index in [1.807, 2.05) is 0 Å². The third-order valence-electron chi connectivity index (χ3n) is 1.99. The standard InChI is InChI=1S/C10H20O2.Cu/c1-2-3-4-5-6-7-8-9-10(11)12;/h2-9H2,1H3,(H,11,12);/q;+2. The number of aliphatic carboxylic acids is 1. The summed E-state index contributed by atoms with van der Waals surface area (Å²) in [5.74, 6) is -0.663. The molecular weight excluding hydrogens is 216 g/mol. The Morgan fingerprint density at radius 3 is 1.92 bits per heavy atom. The quantitative estimate of drug-likeness (QED) is 0.518. The van der Waals surface area contributed by atoms with Crippen molar-refractivity contribution in [3.63, 3.8) is 0 Å². The smallest absolute Gasteiger partial charge is 0.481 e. The Bertz CT molecular complexity index is 115. The summed E-state index contributed by atoms with van der Waals surface area (Å²) in [5, 5.41) is 8.35. The summed E-state index contributed by atoms with van der Waals surface area (Å²) in [6, 6.07) is 0. The molecule has 0 saturated carbocycles. The van der Waals surface area contributed by atoms with Crippen molar-refractivity contribution < 1.29 is 27.0 Å². The molecule has 0 unspecified atom stereocenters. The Morgan fingerprint density at radius 2 is 1.46 bits per heavy atom. The fourth-order valence-corrected chi connectivity index (χ4v) is 1.23. The fraction of sp³-hybridized carbons (Fsp3) is 0.900. The molecule has 0 aliphatic rings. The van der Waals surface area contributed by atoms with Gasteiger partial charge in [0.15, 0.2) is 0 Å². The van der Waals surface area contributed by atoms with E-state index in [-0.39, 0.29) is 17.1 Å². The third kappa shape index (κ3) is 14.8. The van der Waals surface area contributed by atoms with E-state index >= 15 is 0 Å². The van der Waals surface area contributed by atoms with Crippen molar-refractivity contribution >= 4 is 5.97 Å². The van der Waals surface area contributed by atoms with Crippen LogP contribution in [-0.2, 0) is 21.9 Å². The number of unbranched alkanes of at least 4 members (excludes halogenated alkanes) is 6. The predicted octanol–water partition coefficient (Wildman–Crippen LogP) is 3.21. The maximum absolute atomic E-state index is 10.1. The van der Waals surface area contributed by atoms with Gasteiger partial charge in [0.2, 0.25) is 0 Å². The van der Waals surface area contributed by atoms with Gasteiger partial charge >= 0.3 is 23.0 Å². The molecule has 81 valence electrons. The number of rotatable bonds is 8. The number of hydrogen-bond acceptors (Lipinski definition) is 1. The van der Waals surface area contributed by atoms with E-state index in [0.29, 0.717) is 6.42 Å². The fourth-order valence-electron chi connectivity index (χ4n) is 1.23. The Balaban J connectivity index is 0. The summed E-state index contributed by atoms with van der Waals surface area (Å²) in [4.78, 5) is 10.1. The molecule has 1 N–H and O–H groups in total. The Labute approximate surface area is 91.6 Å². The van der Waals surface area contributed by atoms with Crippen molar-refractivity contribution in [1.82, 2.24) is 0 Å². The van der Waals surface area contributed by atoms with E-state index in [4.69, 9.17) is 5.11 Å². The zero-order valence-corrected chi connectivity index (χ0v) is 9.26. The van der Waals surface area contributed by atoms with Gasteiger partial charge in [0.1, 0.15) is 0 Å². The van der Waals surface area contributed by atoms with Crippen LogP contribution in [0.3, 0.4) is 0 Å². The van der Waals surface area contributed by atoms with Crippen LogP contribution in [0, 0.1) is 0 Å². The molecule has 0 aromatic heterocycles. The van der Waals surface area contributed by atoms with Crippen LogP contribution in [0.5, 0.6) is 0 Å². The van der Waals surface area contributed by atoms with Gasteiger partial charge in [-0.2, -0.15) is 0 Å². The van der Waals surface area contributed by atoms with E-state index < -0.39 is 5.97 Å². The number of hydrogen-bond donors (Lipinski definition) is 1. The Kier molecular flexibility index (Phi) is 14.3. The van der Waals surface area contributed by atoms with E-state index in [0.717, 1.165) is 12.8 Å². The monoisotopic (exact) mass is 235 g/mol. The first kappa shape index (κ1) is 15.5. The van der Waals surface area contributed by atoms with Crippen LogP contribution in [0.15, 0.2) is 0 Å². The van der Waals surface area contributed by atoms with Crippen molar-refractivity contribution in [2.45, 2.75) is 58.3 Å². The second-order valence-corrected chi connectivity index (χ2v) is 3.27. The van der Waals surface area contributed by atoms with E-state index in [9.17, 15) is 4.79 Å². The molecule has 2 nitrogen and oxygen atoms in total. The summed E-state index contributed by atoms with van der Waals surface area (Å²) < 4.78 is 0. The molecule has 3 heteroatoms. The number of carboxylic acid groups (broad SMARTS) is 1. The van der Waals surface area contributed by atoms with Gasteiger partial charge in [-0.05, 0) is 6.42 Å². The molecule has 0 fully saturated rings. The minimum atomic E-state index is -0.663. The zero-order valence-electron chi connectivity index (χ0n) is 8.31. The molecule has 0 atom stereocenters. The largest absolute Gasteiger partial charge is 2.00 e. The van der Waals surface area contributed by atoms with E-state index in [1.165, 1.54) is 32.1 Å². The molecule has 0 spiro atoms. The minimum absolute atomic E-state index is 0. The summed E-state index contributed by atoms with van der Waals surface area (Å²) in [6.07, 6.45) is 8.64. The number of carbonyl (C=O) groups is 1. The first-order valence-electron chi connectivity index (χ1n) is 4.99. The Hall–Kier alpha value is -0.0105. The van der Waals surface area contributed by atoms with Gasteiger partial charge in [0, 0.05) is 6.42 Å². The van der Waals surface area contributed by atoms with Crippen LogP contribution in [0.2, 0.25) is 0 Å². The summed E-state index contributed by atoms with van der Waals surface area (Å²) in [6.45, 7) is 2.20. The maximum Gasteiger partial charge on any atom is 2.00 e. The third-order valence-corrected chi connectivity index (χ3v) is 1.99. The van der Waals surface area contributed by atoms with Gasteiger partial charge in [0.05, 0.1) is 0 Å². The predicted molar refractivity (Wildman–Crippen MR) is 50.2 cm³/mol. The van der Waals surface area contributed by atoms with Crippen molar-refractivity contribution in [1.29, 1.82) is 0 Å². The summed E-state index contributed by atoms with van der Waals surface area (Å²) in [7, 11) is 0. The van der Waals surface area contributed by atoms with Crippen molar-refractivity contribution in [2.24, 2.45) is 0 Å². The molecule has 0 amide bonds. The van der Waals surface area contributed by atoms with Crippen LogP contribution in [0.1, 0.15) is 58.3 Å². The first-order chi connectivity index (χ1) is 5.77. The molecule has 1 radical (unpaired) electrons. The van der Waals surface area contributed by atoms with Gasteiger partial charge < -0.3 is 5.11 Å². The Morgan fingerprint density at radius 1 is 1.00 bits per heavy atom. The van der Waals surface area contributed by atoms with E-state index in [2.05, 4.69) is 6.92 Å². The van der Waals surface area contributed by atoms with Crippen LogP contribution in [-0.4, -0.2) is 11.1 Å². The topological polar surface area (TPSA) is 37.3 Å². The minimum Gasteiger partial charge on any atom is -0.481 e. The van der Waals surface area contributed by atoms with Crippen LogP contribution in [0.4, 0.5) is 0 Å². The maximum atomic E-state index is 10.1. The SMILES string of the molecule is CCCCCCCCCC(=O)O.[Cu+2]. The molecular formula is C10H20CuO2+2. The second kappa shape index (κ2) is 12.0. The molecule has 0 saturated heterocycles. The van der Waals surface area contributed by atoms with E-state index in [1.54, 1.807) is 0 Å². The average Bonchev–Trinajstić information content (AvgIpc) is 2.02. The summed E-state index contributed by atoms with van der Waals surface area (Å²) >= 11 is 0. The van der Waals surface area contributed by atoms with Gasteiger partial charge in [-0.1, -0.05) is 45.4 Å². The van der Waals surface area contributed by atoms with Crippen LogP contribution >= 0.6 is 0 Å². The number of carboxylic acids is 1. The molecule has 0 aromatic carbocycles.